The molecule has 1 amide bonds. The first kappa shape index (κ1) is 24.5. The maximum atomic E-state index is 13.0. The highest BCUT2D eigenvalue weighted by molar-refractivity contribution is 7.89. The Balaban J connectivity index is 1.30. The lowest BCUT2D eigenvalue weighted by atomic mass is 10.2. The zero-order chi connectivity index (χ0) is 24.8. The van der Waals surface area contributed by atoms with Crippen LogP contribution < -0.4 is 0 Å². The quantitative estimate of drug-likeness (QED) is 0.335. The lowest BCUT2D eigenvalue weighted by molar-refractivity contribution is -0.129. The number of hydrogen-bond acceptors (Lipinski definition) is 9. The van der Waals surface area contributed by atoms with Crippen molar-refractivity contribution in [2.75, 3.05) is 32.8 Å². The number of esters is 1. The van der Waals surface area contributed by atoms with Crippen LogP contribution in [0.25, 0.3) is 11.4 Å². The molecule has 1 saturated heterocycles. The molecule has 0 spiro atoms. The number of nitrogens with zero attached hydrogens (tertiary/aromatic N) is 5. The van der Waals surface area contributed by atoms with E-state index >= 15 is 0 Å². The molecule has 3 heterocycles. The van der Waals surface area contributed by atoms with E-state index in [0.717, 1.165) is 5.56 Å². The Bertz CT molecular complexity index is 1290. The molecule has 12 heteroatoms. The highest BCUT2D eigenvalue weighted by atomic mass is 32.2. The Labute approximate surface area is 202 Å². The Morgan fingerprint density at radius 2 is 1.91 bits per heavy atom. The minimum Gasteiger partial charge on any atom is -0.462 e. The fourth-order valence-corrected chi connectivity index (χ4v) is 5.08. The molecule has 0 N–H and O–H groups in total. The van der Waals surface area contributed by atoms with Crippen molar-refractivity contribution < 1.29 is 27.3 Å². The standard InChI is InChI=1S/C23H25N5O6S/c1-17(29)27-10-12-28(13-11-27)35(31,32)20-7-2-5-18(15-20)23(30)33-14-4-8-21-25-22(26-34-21)19-6-3-9-24-16-19/h2-3,5-7,9,15-16H,4,8,10-14H2,1H3. The molecule has 11 nitrogen and oxygen atoms in total. The summed E-state index contributed by atoms with van der Waals surface area (Å²) in [6.45, 7) is 2.64. The number of benzene rings is 1. The minimum atomic E-state index is -3.79. The average molecular weight is 500 g/mol. The molecule has 35 heavy (non-hydrogen) atoms. The Kier molecular flexibility index (Phi) is 7.51. The Morgan fingerprint density at radius 1 is 1.11 bits per heavy atom. The van der Waals surface area contributed by atoms with Crippen molar-refractivity contribution in [1.82, 2.24) is 24.3 Å². The summed E-state index contributed by atoms with van der Waals surface area (Å²) in [6, 6.07) is 9.37. The highest BCUT2D eigenvalue weighted by Gasteiger charge is 2.29. The van der Waals surface area contributed by atoms with Crippen LogP contribution in [0.2, 0.25) is 0 Å². The zero-order valence-corrected chi connectivity index (χ0v) is 20.0. The summed E-state index contributed by atoms with van der Waals surface area (Å²) in [6.07, 6.45) is 4.16. The van der Waals surface area contributed by atoms with Crippen molar-refractivity contribution in [1.29, 1.82) is 0 Å². The van der Waals surface area contributed by atoms with Crippen molar-refractivity contribution in [2.24, 2.45) is 0 Å². The van der Waals surface area contributed by atoms with E-state index < -0.39 is 16.0 Å². The number of aromatic nitrogens is 3. The Morgan fingerprint density at radius 3 is 2.63 bits per heavy atom. The van der Waals surface area contributed by atoms with Crippen LogP contribution in [-0.2, 0) is 26.0 Å². The van der Waals surface area contributed by atoms with E-state index in [-0.39, 0.29) is 36.1 Å². The van der Waals surface area contributed by atoms with Gasteiger partial charge < -0.3 is 14.2 Å². The second kappa shape index (κ2) is 10.7. The molecule has 3 aromatic rings. The summed E-state index contributed by atoms with van der Waals surface area (Å²) < 4.78 is 37.8. The van der Waals surface area contributed by atoms with E-state index in [0.29, 0.717) is 37.6 Å². The Hall–Kier alpha value is -3.64. The molecule has 0 radical (unpaired) electrons. The van der Waals surface area contributed by atoms with Crippen LogP contribution in [-0.4, -0.2) is 77.4 Å². The van der Waals surface area contributed by atoms with Gasteiger partial charge in [0.15, 0.2) is 0 Å². The molecule has 2 aromatic heterocycles. The van der Waals surface area contributed by atoms with Crippen LogP contribution in [0.3, 0.4) is 0 Å². The summed E-state index contributed by atoms with van der Waals surface area (Å²) in [5.74, 6) is 0.147. The second-order valence-corrected chi connectivity index (χ2v) is 9.87. The van der Waals surface area contributed by atoms with Crippen LogP contribution in [0.4, 0.5) is 0 Å². The lowest BCUT2D eigenvalue weighted by Gasteiger charge is -2.33. The van der Waals surface area contributed by atoms with Crippen molar-refractivity contribution in [3.8, 4) is 11.4 Å². The van der Waals surface area contributed by atoms with Gasteiger partial charge in [0.1, 0.15) is 0 Å². The molecule has 0 bridgehead atoms. The third kappa shape index (κ3) is 5.89. The van der Waals surface area contributed by atoms with Gasteiger partial charge in [-0.3, -0.25) is 9.78 Å². The molecule has 1 fully saturated rings. The molecule has 1 aliphatic rings. The summed E-state index contributed by atoms with van der Waals surface area (Å²) in [5, 5.41) is 3.92. The zero-order valence-electron chi connectivity index (χ0n) is 19.2. The topological polar surface area (TPSA) is 136 Å². The van der Waals surface area contributed by atoms with Gasteiger partial charge in [-0.2, -0.15) is 9.29 Å². The maximum Gasteiger partial charge on any atom is 0.338 e. The van der Waals surface area contributed by atoms with E-state index in [1.807, 2.05) is 6.07 Å². The van der Waals surface area contributed by atoms with Crippen LogP contribution >= 0.6 is 0 Å². The maximum absolute atomic E-state index is 13.0. The monoisotopic (exact) mass is 499 g/mol. The van der Waals surface area contributed by atoms with Crippen molar-refractivity contribution >= 4 is 21.9 Å². The number of piperazine rings is 1. The first-order valence-corrected chi connectivity index (χ1v) is 12.5. The average Bonchev–Trinajstić information content (AvgIpc) is 3.36. The summed E-state index contributed by atoms with van der Waals surface area (Å²) in [7, 11) is -3.79. The number of amides is 1. The van der Waals surface area contributed by atoms with Gasteiger partial charge in [0.2, 0.25) is 27.6 Å². The van der Waals surface area contributed by atoms with Gasteiger partial charge in [0.25, 0.3) is 0 Å². The first-order valence-electron chi connectivity index (χ1n) is 11.1. The molecule has 0 saturated carbocycles. The number of carbonyl (C=O) groups excluding carboxylic acids is 2. The van der Waals surface area contributed by atoms with E-state index in [2.05, 4.69) is 15.1 Å². The fourth-order valence-electron chi connectivity index (χ4n) is 3.62. The van der Waals surface area contributed by atoms with Gasteiger partial charge in [0, 0.05) is 57.5 Å². The van der Waals surface area contributed by atoms with Gasteiger partial charge >= 0.3 is 5.97 Å². The number of aryl methyl sites for hydroxylation is 1. The molecule has 1 aromatic carbocycles. The number of sulfonamides is 1. The lowest BCUT2D eigenvalue weighted by Crippen LogP contribution is -2.49. The number of hydrogen-bond donors (Lipinski definition) is 0. The normalized spacial score (nSPS) is 14.6. The molecule has 4 rings (SSSR count). The van der Waals surface area contributed by atoms with E-state index in [1.165, 1.54) is 35.5 Å². The fraction of sp³-hybridized carbons (Fsp3) is 0.348. The third-order valence-electron chi connectivity index (χ3n) is 5.55. The highest BCUT2D eigenvalue weighted by Crippen LogP contribution is 2.20. The number of rotatable bonds is 8. The molecule has 0 aliphatic carbocycles. The van der Waals surface area contributed by atoms with E-state index in [4.69, 9.17) is 9.26 Å². The predicted octanol–water partition coefficient (Wildman–Crippen LogP) is 1.77. The number of pyridine rings is 1. The molecule has 0 unspecified atom stereocenters. The first-order chi connectivity index (χ1) is 16.8. The SMILES string of the molecule is CC(=O)N1CCN(S(=O)(=O)c2cccc(C(=O)OCCCc3nc(-c4cccnc4)no3)c2)CC1. The molecular weight excluding hydrogens is 474 g/mol. The van der Waals surface area contributed by atoms with Gasteiger partial charge in [-0.25, -0.2) is 13.2 Å². The van der Waals surface area contributed by atoms with Crippen LogP contribution in [0.15, 0.2) is 58.2 Å². The van der Waals surface area contributed by atoms with Gasteiger partial charge in [0.05, 0.1) is 17.1 Å². The smallest absolute Gasteiger partial charge is 0.338 e. The second-order valence-electron chi connectivity index (χ2n) is 7.93. The largest absolute Gasteiger partial charge is 0.462 e. The number of ether oxygens (including phenoxy) is 1. The molecule has 0 atom stereocenters. The van der Waals surface area contributed by atoms with E-state index in [9.17, 15) is 18.0 Å². The van der Waals surface area contributed by atoms with Gasteiger partial charge in [-0.1, -0.05) is 11.2 Å². The molecular formula is C23H25N5O6S. The van der Waals surface area contributed by atoms with E-state index in [1.54, 1.807) is 23.4 Å². The number of carbonyl (C=O) groups is 2. The molecule has 184 valence electrons. The summed E-state index contributed by atoms with van der Waals surface area (Å²) in [5.41, 5.74) is 0.884. The van der Waals surface area contributed by atoms with Crippen LogP contribution in [0, 0.1) is 0 Å². The summed E-state index contributed by atoms with van der Waals surface area (Å²) >= 11 is 0. The van der Waals surface area contributed by atoms with Gasteiger partial charge in [-0.05, 0) is 36.8 Å². The van der Waals surface area contributed by atoms with Gasteiger partial charge in [-0.15, -0.1) is 0 Å². The predicted molar refractivity (Wildman–Crippen MR) is 124 cm³/mol. The van der Waals surface area contributed by atoms with Crippen LogP contribution in [0.5, 0.6) is 0 Å². The van der Waals surface area contributed by atoms with Crippen molar-refractivity contribution in [3.05, 3.63) is 60.2 Å². The third-order valence-corrected chi connectivity index (χ3v) is 7.44. The van der Waals surface area contributed by atoms with Crippen molar-refractivity contribution in [3.63, 3.8) is 0 Å². The summed E-state index contributed by atoms with van der Waals surface area (Å²) in [4.78, 5) is 33.9. The molecule has 1 aliphatic heterocycles. The van der Waals surface area contributed by atoms with Crippen LogP contribution in [0.1, 0.15) is 29.6 Å². The minimum absolute atomic E-state index is 0.0111. The van der Waals surface area contributed by atoms with Crippen molar-refractivity contribution in [2.45, 2.75) is 24.7 Å².